The van der Waals surface area contributed by atoms with Gasteiger partial charge in [-0.15, -0.1) is 0 Å². The number of halogens is 1. The molecule has 2 N–H and O–H groups in total. The Morgan fingerprint density at radius 3 is 2.23 bits per heavy atom. The fraction of sp³-hybridized carbons (Fsp3) is 0.371. The van der Waals surface area contributed by atoms with Crippen LogP contribution in [0.5, 0.6) is 0 Å². The van der Waals surface area contributed by atoms with Crippen molar-refractivity contribution in [3.05, 3.63) is 112 Å². The molecule has 0 aromatic heterocycles. The highest BCUT2D eigenvalue weighted by Gasteiger charge is 2.48. The van der Waals surface area contributed by atoms with Crippen LogP contribution in [0.15, 0.2) is 95.4 Å². The van der Waals surface area contributed by atoms with Gasteiger partial charge in [0.2, 0.25) is 15.9 Å². The van der Waals surface area contributed by atoms with Gasteiger partial charge in [-0.05, 0) is 59.2 Å². The van der Waals surface area contributed by atoms with E-state index in [0.717, 1.165) is 16.7 Å². The molecule has 1 aliphatic heterocycles. The van der Waals surface area contributed by atoms with Crippen LogP contribution in [0.4, 0.5) is 0 Å². The van der Waals surface area contributed by atoms with E-state index in [1.165, 1.54) is 0 Å². The lowest BCUT2D eigenvalue weighted by Crippen LogP contribution is -2.45. The number of rotatable bonds is 13. The van der Waals surface area contributed by atoms with Crippen molar-refractivity contribution < 1.29 is 22.7 Å². The molecule has 3 aromatic carbocycles. The van der Waals surface area contributed by atoms with E-state index in [0.29, 0.717) is 17.0 Å². The fourth-order valence-electron chi connectivity index (χ4n) is 5.63. The van der Waals surface area contributed by atoms with Crippen molar-refractivity contribution in [3.63, 3.8) is 0 Å². The molecule has 4 rings (SSSR count). The molecule has 0 saturated carbocycles. The van der Waals surface area contributed by atoms with E-state index in [-0.39, 0.29) is 36.7 Å². The van der Waals surface area contributed by atoms with E-state index in [1.54, 1.807) is 41.6 Å². The number of ketones is 1. The molecule has 1 heterocycles. The molecule has 44 heavy (non-hydrogen) atoms. The molecule has 0 spiro atoms. The van der Waals surface area contributed by atoms with Gasteiger partial charge in [0.15, 0.2) is 0 Å². The van der Waals surface area contributed by atoms with Crippen LogP contribution in [-0.4, -0.2) is 43.7 Å². The maximum atomic E-state index is 14.4. The Balaban J connectivity index is 1.53. The van der Waals surface area contributed by atoms with E-state index in [2.05, 4.69) is 0 Å². The van der Waals surface area contributed by atoms with E-state index >= 15 is 0 Å². The van der Waals surface area contributed by atoms with Gasteiger partial charge >= 0.3 is 0 Å². The van der Waals surface area contributed by atoms with Crippen LogP contribution < -0.4 is 5.73 Å². The number of amides is 1. The number of hydrogen-bond donors (Lipinski definition) is 1. The summed E-state index contributed by atoms with van der Waals surface area (Å²) in [6, 6.07) is 22.6. The first-order valence-corrected chi connectivity index (χ1v) is 16.6. The molecule has 234 valence electrons. The van der Waals surface area contributed by atoms with E-state index in [9.17, 15) is 18.0 Å². The van der Waals surface area contributed by atoms with Gasteiger partial charge in [0.1, 0.15) is 5.78 Å². The Bertz CT molecular complexity index is 1600. The first-order valence-electron chi connectivity index (χ1n) is 14.8. The van der Waals surface area contributed by atoms with Crippen molar-refractivity contribution in [1.82, 2.24) is 4.31 Å². The molecular weight excluding hydrogens is 596 g/mol. The molecule has 3 atom stereocenters. The summed E-state index contributed by atoms with van der Waals surface area (Å²) in [5, 5.41) is 0.550. The summed E-state index contributed by atoms with van der Waals surface area (Å²) in [6.45, 7) is 8.10. The Morgan fingerprint density at radius 1 is 0.977 bits per heavy atom. The van der Waals surface area contributed by atoms with Gasteiger partial charge in [-0.2, -0.15) is 4.31 Å². The first-order chi connectivity index (χ1) is 20.8. The number of hydrogen-bond acceptors (Lipinski definition) is 5. The number of Topliss-reactive ketones (excluding diaryl/α,β-unsaturated/α-hetero) is 1. The molecule has 0 aliphatic carbocycles. The van der Waals surface area contributed by atoms with Crippen molar-refractivity contribution in [2.45, 2.75) is 63.9 Å². The van der Waals surface area contributed by atoms with Crippen LogP contribution in [0.2, 0.25) is 5.02 Å². The molecule has 1 amide bonds. The van der Waals surface area contributed by atoms with Crippen LogP contribution in [0, 0.1) is 18.3 Å². The van der Waals surface area contributed by atoms with E-state index in [1.807, 2.05) is 75.4 Å². The lowest BCUT2D eigenvalue weighted by atomic mass is 9.87. The smallest absolute Gasteiger partial charge is 0.244 e. The third-order valence-corrected chi connectivity index (χ3v) is 10.2. The second-order valence-corrected chi connectivity index (χ2v) is 14.7. The van der Waals surface area contributed by atoms with Crippen molar-refractivity contribution in [2.75, 3.05) is 13.2 Å². The van der Waals surface area contributed by atoms with Gasteiger partial charge in [-0.25, -0.2) is 8.42 Å². The van der Waals surface area contributed by atoms with Gasteiger partial charge in [0.05, 0.1) is 24.2 Å². The summed E-state index contributed by atoms with van der Waals surface area (Å²) in [4.78, 5) is 25.1. The summed E-state index contributed by atoms with van der Waals surface area (Å²) in [6.07, 6.45) is 2.54. The molecule has 0 fully saturated rings. The molecule has 1 aliphatic rings. The van der Waals surface area contributed by atoms with Gasteiger partial charge in [-0.1, -0.05) is 99.1 Å². The average molecular weight is 637 g/mol. The number of benzene rings is 3. The third-order valence-electron chi connectivity index (χ3n) is 7.97. The standard InChI is InChI=1S/C35H41ClN2O5S/c1-24-10-8-9-13-31(24)44(41,42)38-32(35(2,3)4)22-28(33(38)26-14-16-29(36)17-15-26)23-43-19-18-30(39)21-27(34(37)40)20-25-11-6-5-7-12-25/h5-17,22,27,32-33H,18-21,23H2,1-4H3,(H2,37,40)/t27-,32+,33+/m1/s1. The first kappa shape index (κ1) is 33.6. The lowest BCUT2D eigenvalue weighted by molar-refractivity contribution is -0.127. The van der Waals surface area contributed by atoms with E-state index in [4.69, 9.17) is 22.1 Å². The van der Waals surface area contributed by atoms with Gasteiger partial charge in [-0.3, -0.25) is 9.59 Å². The van der Waals surface area contributed by atoms with Crippen LogP contribution in [-0.2, 0) is 30.8 Å². The van der Waals surface area contributed by atoms with Crippen LogP contribution in [0.3, 0.4) is 0 Å². The third kappa shape index (κ3) is 8.04. The van der Waals surface area contributed by atoms with Crippen LogP contribution in [0.1, 0.15) is 56.3 Å². The summed E-state index contributed by atoms with van der Waals surface area (Å²) in [5.74, 6) is -1.21. The number of nitrogens with zero attached hydrogens (tertiary/aromatic N) is 1. The second-order valence-electron chi connectivity index (χ2n) is 12.4. The largest absolute Gasteiger partial charge is 0.377 e. The maximum Gasteiger partial charge on any atom is 0.244 e. The predicted octanol–water partition coefficient (Wildman–Crippen LogP) is 6.45. The Kier molecular flexibility index (Phi) is 10.8. The molecule has 0 unspecified atom stereocenters. The fourth-order valence-corrected chi connectivity index (χ4v) is 7.92. The zero-order chi connectivity index (χ0) is 32.1. The SMILES string of the molecule is Cc1ccccc1S(=O)(=O)N1[C@@H](c2ccc(Cl)cc2)C(COCCC(=O)C[C@@H](Cc2ccccc2)C(N)=O)=C[C@H]1C(C)(C)C. The average Bonchev–Trinajstić information content (AvgIpc) is 3.37. The summed E-state index contributed by atoms with van der Waals surface area (Å²) in [5.41, 5.74) is 8.35. The van der Waals surface area contributed by atoms with Gasteiger partial charge < -0.3 is 10.5 Å². The summed E-state index contributed by atoms with van der Waals surface area (Å²) in [7, 11) is -3.94. The number of carbonyl (C=O) groups excluding carboxylic acids is 2. The molecule has 7 nitrogen and oxygen atoms in total. The molecule has 9 heteroatoms. The van der Waals surface area contributed by atoms with Gasteiger partial charge in [0.25, 0.3) is 0 Å². The topological polar surface area (TPSA) is 107 Å². The number of nitrogens with two attached hydrogens (primary N) is 1. The van der Waals surface area contributed by atoms with Gasteiger partial charge in [0, 0.05) is 29.8 Å². The molecule has 0 bridgehead atoms. The molecule has 0 radical (unpaired) electrons. The maximum absolute atomic E-state index is 14.4. The minimum absolute atomic E-state index is 0.0399. The van der Waals surface area contributed by atoms with Crippen LogP contribution >= 0.6 is 11.6 Å². The highest BCUT2D eigenvalue weighted by Crippen LogP contribution is 2.46. The number of ether oxygens (including phenoxy) is 1. The normalized spacial score (nSPS) is 18.2. The predicted molar refractivity (Wildman–Crippen MR) is 174 cm³/mol. The van der Waals surface area contributed by atoms with Crippen LogP contribution in [0.25, 0.3) is 0 Å². The van der Waals surface area contributed by atoms with Crippen molar-refractivity contribution >= 4 is 33.3 Å². The van der Waals surface area contributed by atoms with Crippen molar-refractivity contribution in [2.24, 2.45) is 17.1 Å². The highest BCUT2D eigenvalue weighted by molar-refractivity contribution is 7.89. The van der Waals surface area contributed by atoms with Crippen molar-refractivity contribution in [1.29, 1.82) is 0 Å². The summed E-state index contributed by atoms with van der Waals surface area (Å²) >= 11 is 6.20. The Hall–Kier alpha value is -3.30. The number of carbonyl (C=O) groups is 2. The molecule has 0 saturated heterocycles. The Labute approximate surface area is 266 Å². The quantitative estimate of drug-likeness (QED) is 0.172. The highest BCUT2D eigenvalue weighted by atomic mass is 35.5. The molecule has 3 aromatic rings. The number of aryl methyl sites for hydroxylation is 1. The monoisotopic (exact) mass is 636 g/mol. The number of primary amides is 1. The number of sulfonamides is 1. The molecular formula is C35H41ClN2O5S. The zero-order valence-corrected chi connectivity index (χ0v) is 27.3. The lowest BCUT2D eigenvalue weighted by Gasteiger charge is -2.37. The minimum atomic E-state index is -3.94. The van der Waals surface area contributed by atoms with Crippen molar-refractivity contribution in [3.8, 4) is 0 Å². The second kappa shape index (κ2) is 14.2. The summed E-state index contributed by atoms with van der Waals surface area (Å²) < 4.78 is 36.3. The zero-order valence-electron chi connectivity index (χ0n) is 25.7. The minimum Gasteiger partial charge on any atom is -0.377 e. The van der Waals surface area contributed by atoms with E-state index < -0.39 is 39.3 Å². The Morgan fingerprint density at radius 2 is 1.61 bits per heavy atom.